The molecule has 0 aliphatic rings. The van der Waals surface area contributed by atoms with Gasteiger partial charge in [0.15, 0.2) is 6.33 Å². The topological polar surface area (TPSA) is 38.9 Å². The smallest absolute Gasteiger partial charge is 0.265 e. The average Bonchev–Trinajstić information content (AvgIpc) is 2.12. The van der Waals surface area contributed by atoms with E-state index in [1.807, 2.05) is 0 Å². The van der Waals surface area contributed by atoms with E-state index in [4.69, 9.17) is 4.52 Å². The number of hydrogen-bond acceptors (Lipinski definition) is 3. The SMILES string of the molecule is C[SH](C)c1ncno1. The molecule has 0 atom stereocenters. The fraction of sp³-hybridized carbons (Fsp3) is 0.500. The largest absolute Gasteiger partial charge is 0.329 e. The third-order valence-electron chi connectivity index (χ3n) is 0.732. The first-order valence-corrected chi connectivity index (χ1v) is 4.48. The summed E-state index contributed by atoms with van der Waals surface area (Å²) in [4.78, 5) is 3.87. The Labute approximate surface area is 50.4 Å². The molecule has 0 radical (unpaired) electrons. The van der Waals surface area contributed by atoms with Gasteiger partial charge in [0.1, 0.15) is 0 Å². The molecule has 0 aliphatic heterocycles. The molecule has 0 saturated heterocycles. The van der Waals surface area contributed by atoms with Crippen LogP contribution in [0.1, 0.15) is 0 Å². The molecule has 0 unspecified atom stereocenters. The van der Waals surface area contributed by atoms with Gasteiger partial charge in [-0.1, -0.05) is 5.16 Å². The van der Waals surface area contributed by atoms with Crippen molar-refractivity contribution in [1.29, 1.82) is 0 Å². The first-order valence-electron chi connectivity index (χ1n) is 2.24. The predicted octanol–water partition coefficient (Wildman–Crippen LogP) is 0.689. The molecule has 0 N–H and O–H groups in total. The second-order valence-corrected chi connectivity index (χ2v) is 3.79. The van der Waals surface area contributed by atoms with Gasteiger partial charge in [0.25, 0.3) is 5.22 Å². The van der Waals surface area contributed by atoms with Gasteiger partial charge in [0, 0.05) is 0 Å². The number of nitrogens with zero attached hydrogens (tertiary/aromatic N) is 2. The zero-order chi connectivity index (χ0) is 5.98. The maximum atomic E-state index is 4.76. The summed E-state index contributed by atoms with van der Waals surface area (Å²) in [7, 11) is -0.199. The monoisotopic (exact) mass is 132 g/mol. The maximum Gasteiger partial charge on any atom is 0.265 e. The van der Waals surface area contributed by atoms with E-state index in [9.17, 15) is 0 Å². The lowest BCUT2D eigenvalue weighted by molar-refractivity contribution is 0.339. The van der Waals surface area contributed by atoms with Gasteiger partial charge in [-0.3, -0.25) is 0 Å². The van der Waals surface area contributed by atoms with Crippen LogP contribution in [-0.2, 0) is 0 Å². The van der Waals surface area contributed by atoms with Crippen LogP contribution in [0.25, 0.3) is 0 Å². The van der Waals surface area contributed by atoms with Crippen molar-refractivity contribution in [3.63, 3.8) is 0 Å². The van der Waals surface area contributed by atoms with Crippen molar-refractivity contribution in [1.82, 2.24) is 10.1 Å². The minimum Gasteiger partial charge on any atom is -0.329 e. The molecule has 0 bridgehead atoms. The molecule has 3 nitrogen and oxygen atoms in total. The van der Waals surface area contributed by atoms with E-state index in [1.54, 1.807) is 0 Å². The van der Waals surface area contributed by atoms with E-state index in [2.05, 4.69) is 22.7 Å². The number of hydrogen-bond donors (Lipinski definition) is 1. The Morgan fingerprint density at radius 2 is 2.38 bits per heavy atom. The average molecular weight is 132 g/mol. The Kier molecular flexibility index (Phi) is 1.53. The molecule has 1 rings (SSSR count). The fourth-order valence-electron chi connectivity index (χ4n) is 0.364. The van der Waals surface area contributed by atoms with Gasteiger partial charge >= 0.3 is 0 Å². The van der Waals surface area contributed by atoms with Crippen LogP contribution in [0.4, 0.5) is 0 Å². The lowest BCUT2D eigenvalue weighted by Gasteiger charge is -1.97. The van der Waals surface area contributed by atoms with Gasteiger partial charge in [-0.2, -0.15) is 15.9 Å². The van der Waals surface area contributed by atoms with Crippen LogP contribution >= 0.6 is 10.9 Å². The minimum atomic E-state index is -0.199. The lowest BCUT2D eigenvalue weighted by Crippen LogP contribution is -1.73. The summed E-state index contributed by atoms with van der Waals surface area (Å²) in [5.41, 5.74) is 0. The van der Waals surface area contributed by atoms with Gasteiger partial charge in [0.2, 0.25) is 0 Å². The molecule has 1 aromatic heterocycles. The molecule has 0 amide bonds. The normalized spacial score (nSPS) is 11.5. The molecule has 0 aromatic carbocycles. The number of rotatable bonds is 1. The first kappa shape index (κ1) is 5.62. The molecule has 0 spiro atoms. The second-order valence-electron chi connectivity index (χ2n) is 1.62. The van der Waals surface area contributed by atoms with Crippen molar-refractivity contribution in [2.75, 3.05) is 12.5 Å². The number of thiol groups is 1. The highest BCUT2D eigenvalue weighted by molar-refractivity contribution is 8.15. The van der Waals surface area contributed by atoms with Crippen molar-refractivity contribution in [2.24, 2.45) is 0 Å². The summed E-state index contributed by atoms with van der Waals surface area (Å²) >= 11 is 0. The van der Waals surface area contributed by atoms with E-state index >= 15 is 0 Å². The highest BCUT2D eigenvalue weighted by atomic mass is 32.2. The van der Waals surface area contributed by atoms with Crippen LogP contribution in [0, 0.1) is 0 Å². The zero-order valence-corrected chi connectivity index (χ0v) is 5.72. The molecule has 1 aromatic rings. The molecule has 0 saturated carbocycles. The van der Waals surface area contributed by atoms with Crippen molar-refractivity contribution < 1.29 is 4.52 Å². The van der Waals surface area contributed by atoms with E-state index in [0.29, 0.717) is 0 Å². The first-order chi connectivity index (χ1) is 3.80. The van der Waals surface area contributed by atoms with Crippen LogP contribution in [0.2, 0.25) is 0 Å². The van der Waals surface area contributed by atoms with E-state index in [0.717, 1.165) is 5.22 Å². The lowest BCUT2D eigenvalue weighted by atomic mass is 11.3. The molecule has 1 heterocycles. The van der Waals surface area contributed by atoms with Gasteiger partial charge in [-0.25, -0.2) is 0 Å². The Morgan fingerprint density at radius 1 is 1.62 bits per heavy atom. The zero-order valence-electron chi connectivity index (χ0n) is 4.83. The summed E-state index contributed by atoms with van der Waals surface area (Å²) < 4.78 is 4.76. The summed E-state index contributed by atoms with van der Waals surface area (Å²) in [6.45, 7) is 0. The fourth-order valence-corrected chi connectivity index (χ4v) is 0.857. The van der Waals surface area contributed by atoms with Crippen LogP contribution in [0.15, 0.2) is 16.1 Å². The van der Waals surface area contributed by atoms with Gasteiger partial charge < -0.3 is 4.52 Å². The Morgan fingerprint density at radius 3 is 2.62 bits per heavy atom. The molecule has 0 fully saturated rings. The highest BCUT2D eigenvalue weighted by Crippen LogP contribution is 2.23. The molecule has 0 aliphatic carbocycles. The molecular formula is C4H8N2OS. The maximum absolute atomic E-state index is 4.76. The summed E-state index contributed by atoms with van der Waals surface area (Å²) in [6.07, 6.45) is 5.57. The third-order valence-corrected chi connectivity index (χ3v) is 1.69. The van der Waals surface area contributed by atoms with Crippen LogP contribution in [0.3, 0.4) is 0 Å². The van der Waals surface area contributed by atoms with Gasteiger partial charge in [0.05, 0.1) is 0 Å². The van der Waals surface area contributed by atoms with Crippen molar-refractivity contribution in [3.05, 3.63) is 6.33 Å². The minimum absolute atomic E-state index is 0.199. The highest BCUT2D eigenvalue weighted by Gasteiger charge is 1.97. The van der Waals surface area contributed by atoms with Gasteiger partial charge in [-0.05, 0) is 12.5 Å². The van der Waals surface area contributed by atoms with Crippen LogP contribution in [-0.4, -0.2) is 22.7 Å². The molecule has 4 heteroatoms. The standard InChI is InChI=1S/C4H8N2OS/c1-8(2)4-5-3-6-7-4/h3,8H,1-2H3. The molecule has 8 heavy (non-hydrogen) atoms. The van der Waals surface area contributed by atoms with Crippen molar-refractivity contribution in [3.8, 4) is 0 Å². The summed E-state index contributed by atoms with van der Waals surface area (Å²) in [5, 5.41) is 4.24. The van der Waals surface area contributed by atoms with Gasteiger partial charge in [-0.15, -0.1) is 0 Å². The van der Waals surface area contributed by atoms with Crippen LogP contribution in [0.5, 0.6) is 0 Å². The van der Waals surface area contributed by atoms with E-state index in [1.165, 1.54) is 6.33 Å². The van der Waals surface area contributed by atoms with Crippen molar-refractivity contribution >= 4 is 10.9 Å². The Balaban J connectivity index is 2.77. The molecular weight excluding hydrogens is 124 g/mol. The quantitative estimate of drug-likeness (QED) is 0.571. The molecule has 46 valence electrons. The van der Waals surface area contributed by atoms with Crippen molar-refractivity contribution in [2.45, 2.75) is 5.22 Å². The van der Waals surface area contributed by atoms with E-state index in [-0.39, 0.29) is 10.9 Å². The third kappa shape index (κ3) is 1.01. The Hall–Kier alpha value is -0.510. The summed E-state index contributed by atoms with van der Waals surface area (Å²) in [5.74, 6) is 0. The van der Waals surface area contributed by atoms with Crippen LogP contribution < -0.4 is 0 Å². The predicted molar refractivity (Wildman–Crippen MR) is 33.4 cm³/mol. The Bertz CT molecular complexity index is 149. The second kappa shape index (κ2) is 2.17. The number of aromatic nitrogens is 2. The summed E-state index contributed by atoms with van der Waals surface area (Å²) in [6, 6.07) is 0. The van der Waals surface area contributed by atoms with E-state index < -0.39 is 0 Å².